The van der Waals surface area contributed by atoms with Gasteiger partial charge >= 0.3 is 0 Å². The first-order valence-corrected chi connectivity index (χ1v) is 4.19. The van der Waals surface area contributed by atoms with Gasteiger partial charge in [-0.1, -0.05) is 30.1 Å². The Labute approximate surface area is 75.5 Å². The first-order valence-electron chi connectivity index (χ1n) is 2.99. The van der Waals surface area contributed by atoms with Gasteiger partial charge in [-0.05, 0) is 12.2 Å². The lowest BCUT2D eigenvalue weighted by Crippen LogP contribution is -2.12. The summed E-state index contributed by atoms with van der Waals surface area (Å²) in [5.74, 6) is 0.186. The first-order chi connectivity index (χ1) is 4.61. The number of allylic oxidation sites excluding steroid dienone is 4. The molecule has 0 spiro atoms. The molecule has 0 N–H and O–H groups in total. The van der Waals surface area contributed by atoms with Gasteiger partial charge in [-0.3, -0.25) is 0 Å². The van der Waals surface area contributed by atoms with Gasteiger partial charge in [-0.2, -0.15) is 0 Å². The van der Waals surface area contributed by atoms with Crippen molar-refractivity contribution in [2.75, 3.05) is 0 Å². The van der Waals surface area contributed by atoms with Gasteiger partial charge < -0.3 is 0 Å². The van der Waals surface area contributed by atoms with Crippen LogP contribution in [-0.4, -0.2) is 5.38 Å². The highest BCUT2D eigenvalue weighted by atomic mass is 35.5. The van der Waals surface area contributed by atoms with Crippen LogP contribution in [0.1, 0.15) is 6.92 Å². The van der Waals surface area contributed by atoms with Crippen LogP contribution in [0.3, 0.4) is 0 Å². The van der Waals surface area contributed by atoms with E-state index in [0.29, 0.717) is 5.03 Å². The van der Waals surface area contributed by atoms with Crippen molar-refractivity contribution in [1.29, 1.82) is 0 Å². The van der Waals surface area contributed by atoms with Gasteiger partial charge in [-0.25, -0.2) is 0 Å². The summed E-state index contributed by atoms with van der Waals surface area (Å²) in [5.41, 5.74) is 0. The molecule has 1 unspecified atom stereocenters. The van der Waals surface area contributed by atoms with Gasteiger partial charge in [0.05, 0.1) is 5.38 Å². The fourth-order valence-electron chi connectivity index (χ4n) is 0.760. The lowest BCUT2D eigenvalue weighted by molar-refractivity contribution is 0.728. The molecule has 0 saturated carbocycles. The molecular weight excluding hydrogens is 190 g/mol. The van der Waals surface area contributed by atoms with Gasteiger partial charge in [0, 0.05) is 16.0 Å². The zero-order chi connectivity index (χ0) is 7.72. The van der Waals surface area contributed by atoms with E-state index in [1.807, 2.05) is 6.92 Å². The molecule has 0 aliphatic heterocycles. The summed E-state index contributed by atoms with van der Waals surface area (Å²) in [4.78, 5) is 0. The van der Waals surface area contributed by atoms with Crippen LogP contribution >= 0.6 is 34.8 Å². The number of halogens is 3. The monoisotopic (exact) mass is 196 g/mol. The normalized spacial score (nSPS) is 33.2. The summed E-state index contributed by atoms with van der Waals surface area (Å²) in [7, 11) is 0. The second-order valence-corrected chi connectivity index (χ2v) is 3.69. The van der Waals surface area contributed by atoms with E-state index >= 15 is 0 Å². The van der Waals surface area contributed by atoms with Crippen molar-refractivity contribution in [3.63, 3.8) is 0 Å². The number of rotatable bonds is 0. The Bertz CT molecular complexity index is 193. The van der Waals surface area contributed by atoms with Crippen molar-refractivity contribution in [2.24, 2.45) is 5.92 Å². The molecule has 0 heterocycles. The Morgan fingerprint density at radius 1 is 1.40 bits per heavy atom. The summed E-state index contributed by atoms with van der Waals surface area (Å²) < 4.78 is 0. The average molecular weight is 197 g/mol. The van der Waals surface area contributed by atoms with Gasteiger partial charge in [0.25, 0.3) is 0 Å². The van der Waals surface area contributed by atoms with Gasteiger partial charge in [-0.15, -0.1) is 11.6 Å². The zero-order valence-corrected chi connectivity index (χ0v) is 7.71. The molecular formula is C7H7Cl3. The molecule has 0 saturated heterocycles. The van der Waals surface area contributed by atoms with E-state index in [1.54, 1.807) is 12.2 Å². The maximum Gasteiger partial charge on any atom is 0.0607 e. The van der Waals surface area contributed by atoms with Crippen LogP contribution in [0.4, 0.5) is 0 Å². The molecule has 2 atom stereocenters. The highest BCUT2D eigenvalue weighted by Crippen LogP contribution is 2.31. The minimum Gasteiger partial charge on any atom is -0.118 e. The van der Waals surface area contributed by atoms with E-state index in [1.165, 1.54) is 0 Å². The zero-order valence-electron chi connectivity index (χ0n) is 5.44. The number of hydrogen-bond donors (Lipinski definition) is 0. The first kappa shape index (κ1) is 8.45. The third-order valence-electron chi connectivity index (χ3n) is 1.51. The Kier molecular flexibility index (Phi) is 2.67. The van der Waals surface area contributed by atoms with Crippen LogP contribution in [0.2, 0.25) is 0 Å². The largest absolute Gasteiger partial charge is 0.118 e. The van der Waals surface area contributed by atoms with Crippen LogP contribution in [0, 0.1) is 5.92 Å². The molecule has 0 nitrogen and oxygen atoms in total. The third kappa shape index (κ3) is 1.69. The topological polar surface area (TPSA) is 0 Å². The molecule has 10 heavy (non-hydrogen) atoms. The van der Waals surface area contributed by atoms with Gasteiger partial charge in [0.15, 0.2) is 0 Å². The maximum atomic E-state index is 5.87. The van der Waals surface area contributed by atoms with E-state index in [9.17, 15) is 0 Å². The number of alkyl halides is 1. The molecule has 1 rings (SSSR count). The summed E-state index contributed by atoms with van der Waals surface area (Å²) in [5, 5.41) is 1.29. The second-order valence-electron chi connectivity index (χ2n) is 2.31. The lowest BCUT2D eigenvalue weighted by atomic mass is 10.0. The Hall–Kier alpha value is 0.350. The van der Waals surface area contributed by atoms with Crippen LogP contribution < -0.4 is 0 Å². The standard InChI is InChI=1S/C7H7Cl3/c1-4-6(9)2-5(8)3-7(4)10/h2-4,6H,1H3/t4-,6?/m0/s1. The quantitative estimate of drug-likeness (QED) is 0.522. The number of hydrogen-bond acceptors (Lipinski definition) is 0. The van der Waals surface area contributed by atoms with Crippen LogP contribution in [0.25, 0.3) is 0 Å². The molecule has 0 amide bonds. The summed E-state index contributed by atoms with van der Waals surface area (Å²) in [6, 6.07) is 0. The molecule has 3 heteroatoms. The summed E-state index contributed by atoms with van der Waals surface area (Å²) in [6.07, 6.45) is 3.52. The highest BCUT2D eigenvalue weighted by Gasteiger charge is 2.19. The molecule has 1 aliphatic rings. The predicted octanol–water partition coefficient (Wildman–Crippen LogP) is 3.49. The van der Waals surface area contributed by atoms with Crippen LogP contribution in [0.15, 0.2) is 22.2 Å². The van der Waals surface area contributed by atoms with E-state index in [-0.39, 0.29) is 11.3 Å². The summed E-state index contributed by atoms with van der Waals surface area (Å²) >= 11 is 17.4. The van der Waals surface area contributed by atoms with Gasteiger partial charge in [0.1, 0.15) is 0 Å². The molecule has 0 bridgehead atoms. The Morgan fingerprint density at radius 3 is 2.50 bits per heavy atom. The molecule has 1 aliphatic carbocycles. The minimum absolute atomic E-state index is 0.0648. The molecule has 0 aromatic rings. The Morgan fingerprint density at radius 2 is 2.00 bits per heavy atom. The van der Waals surface area contributed by atoms with Crippen molar-refractivity contribution in [3.05, 3.63) is 22.2 Å². The van der Waals surface area contributed by atoms with Crippen molar-refractivity contribution in [1.82, 2.24) is 0 Å². The average Bonchev–Trinajstić information content (AvgIpc) is 1.82. The molecule has 0 aromatic heterocycles. The third-order valence-corrected chi connectivity index (χ3v) is 2.70. The predicted molar refractivity (Wildman–Crippen MR) is 46.7 cm³/mol. The maximum absolute atomic E-state index is 5.87. The van der Waals surface area contributed by atoms with E-state index in [4.69, 9.17) is 34.8 Å². The van der Waals surface area contributed by atoms with E-state index in [2.05, 4.69) is 0 Å². The Balaban J connectivity index is 2.85. The SMILES string of the molecule is C[C@@H]1C(Cl)=CC(Cl)=CC1Cl. The van der Waals surface area contributed by atoms with Crippen molar-refractivity contribution >= 4 is 34.8 Å². The van der Waals surface area contributed by atoms with E-state index < -0.39 is 0 Å². The fourth-order valence-corrected chi connectivity index (χ4v) is 1.72. The highest BCUT2D eigenvalue weighted by molar-refractivity contribution is 6.36. The fraction of sp³-hybridized carbons (Fsp3) is 0.429. The van der Waals surface area contributed by atoms with E-state index in [0.717, 1.165) is 5.03 Å². The van der Waals surface area contributed by atoms with Crippen molar-refractivity contribution < 1.29 is 0 Å². The van der Waals surface area contributed by atoms with Crippen molar-refractivity contribution in [2.45, 2.75) is 12.3 Å². The second kappa shape index (κ2) is 3.17. The lowest BCUT2D eigenvalue weighted by Gasteiger charge is -2.17. The van der Waals surface area contributed by atoms with Crippen LogP contribution in [-0.2, 0) is 0 Å². The minimum atomic E-state index is -0.0648. The van der Waals surface area contributed by atoms with Crippen LogP contribution in [0.5, 0.6) is 0 Å². The van der Waals surface area contributed by atoms with Crippen molar-refractivity contribution in [3.8, 4) is 0 Å². The molecule has 0 fully saturated rings. The smallest absolute Gasteiger partial charge is 0.0607 e. The molecule has 0 aromatic carbocycles. The molecule has 0 radical (unpaired) electrons. The summed E-state index contributed by atoms with van der Waals surface area (Å²) in [6.45, 7) is 1.97. The van der Waals surface area contributed by atoms with Gasteiger partial charge in [0.2, 0.25) is 0 Å². The molecule has 56 valence electrons.